The molecule has 1 atom stereocenters. The van der Waals surface area contributed by atoms with Crippen molar-refractivity contribution in [1.29, 1.82) is 0 Å². The minimum atomic E-state index is -3.60. The molecule has 1 unspecified atom stereocenters. The molecule has 0 bridgehead atoms. The van der Waals surface area contributed by atoms with E-state index in [4.69, 9.17) is 16.3 Å². The summed E-state index contributed by atoms with van der Waals surface area (Å²) in [7, 11) is -3.60. The first-order valence-electron chi connectivity index (χ1n) is 6.06. The van der Waals surface area contributed by atoms with Crippen LogP contribution in [0.4, 0.5) is 0 Å². The highest BCUT2D eigenvalue weighted by atomic mass is 35.5. The van der Waals surface area contributed by atoms with Gasteiger partial charge in [-0.1, -0.05) is 0 Å². The zero-order valence-corrected chi connectivity index (χ0v) is 12.1. The van der Waals surface area contributed by atoms with E-state index in [1.165, 1.54) is 12.4 Å². The van der Waals surface area contributed by atoms with Crippen LogP contribution in [0, 0.1) is 5.92 Å². The topological polar surface area (TPSA) is 81.2 Å². The second-order valence-electron chi connectivity index (χ2n) is 4.55. The van der Waals surface area contributed by atoms with Crippen LogP contribution in [-0.4, -0.2) is 37.6 Å². The number of sulfonamides is 1. The average Bonchev–Trinajstić information content (AvgIpc) is 2.40. The Morgan fingerprint density at radius 3 is 2.53 bits per heavy atom. The summed E-state index contributed by atoms with van der Waals surface area (Å²) in [6.07, 6.45) is 4.13. The Balaban J connectivity index is 2.05. The molecule has 19 heavy (non-hydrogen) atoms. The van der Waals surface area contributed by atoms with Gasteiger partial charge in [0.15, 0.2) is 0 Å². The highest BCUT2D eigenvalue weighted by molar-refractivity contribution is 7.89. The number of aromatic nitrogens is 2. The molecule has 106 valence electrons. The second kappa shape index (κ2) is 6.13. The van der Waals surface area contributed by atoms with Crippen LogP contribution in [-0.2, 0) is 14.8 Å². The van der Waals surface area contributed by atoms with Gasteiger partial charge in [0.2, 0.25) is 15.3 Å². The molecule has 1 aromatic heterocycles. The number of halogens is 1. The van der Waals surface area contributed by atoms with E-state index in [-0.39, 0.29) is 22.1 Å². The molecule has 0 spiro atoms. The molecule has 2 rings (SSSR count). The smallest absolute Gasteiger partial charge is 0.243 e. The van der Waals surface area contributed by atoms with Crippen molar-refractivity contribution in [2.45, 2.75) is 30.7 Å². The Morgan fingerprint density at radius 1 is 1.37 bits per heavy atom. The van der Waals surface area contributed by atoms with Crippen molar-refractivity contribution >= 4 is 21.6 Å². The zero-order valence-electron chi connectivity index (χ0n) is 10.5. The highest BCUT2D eigenvalue weighted by Gasteiger charge is 2.25. The van der Waals surface area contributed by atoms with E-state index in [9.17, 15) is 8.42 Å². The summed E-state index contributed by atoms with van der Waals surface area (Å²) in [5.41, 5.74) is 0. The van der Waals surface area contributed by atoms with E-state index >= 15 is 0 Å². The first-order chi connectivity index (χ1) is 8.99. The highest BCUT2D eigenvalue weighted by Crippen LogP contribution is 2.20. The van der Waals surface area contributed by atoms with E-state index in [2.05, 4.69) is 14.7 Å². The van der Waals surface area contributed by atoms with Gasteiger partial charge in [-0.25, -0.2) is 23.1 Å². The standard InChI is InChI=1S/C11H16ClN3O3S/c1-8(9-2-4-18-5-3-9)15-19(16,17)10-6-13-11(12)14-7-10/h6-9,15H,2-5H2,1H3. The molecule has 1 aliphatic heterocycles. The van der Waals surface area contributed by atoms with Gasteiger partial charge in [0.1, 0.15) is 4.90 Å². The van der Waals surface area contributed by atoms with Crippen LogP contribution >= 0.6 is 11.6 Å². The fourth-order valence-corrected chi connectivity index (χ4v) is 3.36. The van der Waals surface area contributed by atoms with Crippen molar-refractivity contribution < 1.29 is 13.2 Å². The molecule has 1 saturated heterocycles. The van der Waals surface area contributed by atoms with Crippen molar-refractivity contribution in [2.24, 2.45) is 5.92 Å². The summed E-state index contributed by atoms with van der Waals surface area (Å²) in [5.74, 6) is 0.289. The Hall–Kier alpha value is -0.760. The minimum Gasteiger partial charge on any atom is -0.381 e. The molecule has 1 aromatic rings. The fraction of sp³-hybridized carbons (Fsp3) is 0.636. The third-order valence-electron chi connectivity index (χ3n) is 3.22. The molecule has 1 aliphatic rings. The van der Waals surface area contributed by atoms with Crippen molar-refractivity contribution in [3.63, 3.8) is 0 Å². The Morgan fingerprint density at radius 2 is 1.95 bits per heavy atom. The number of hydrogen-bond donors (Lipinski definition) is 1. The number of hydrogen-bond acceptors (Lipinski definition) is 5. The van der Waals surface area contributed by atoms with Gasteiger partial charge in [0.05, 0.1) is 12.4 Å². The first-order valence-corrected chi connectivity index (χ1v) is 7.93. The molecule has 0 amide bonds. The summed E-state index contributed by atoms with van der Waals surface area (Å²) in [4.78, 5) is 7.38. The summed E-state index contributed by atoms with van der Waals surface area (Å²) >= 11 is 5.54. The molecule has 1 N–H and O–H groups in total. The van der Waals surface area contributed by atoms with Crippen LogP contribution < -0.4 is 4.72 Å². The van der Waals surface area contributed by atoms with Crippen molar-refractivity contribution in [3.8, 4) is 0 Å². The van der Waals surface area contributed by atoms with Gasteiger partial charge in [-0.2, -0.15) is 0 Å². The van der Waals surface area contributed by atoms with Crippen molar-refractivity contribution in [2.75, 3.05) is 13.2 Å². The lowest BCUT2D eigenvalue weighted by atomic mass is 9.94. The molecule has 2 heterocycles. The minimum absolute atomic E-state index is 0.0239. The molecule has 0 aliphatic carbocycles. The molecule has 6 nitrogen and oxygen atoms in total. The maximum absolute atomic E-state index is 12.1. The van der Waals surface area contributed by atoms with Gasteiger partial charge in [-0.05, 0) is 37.3 Å². The van der Waals surface area contributed by atoms with Crippen LogP contribution in [0.15, 0.2) is 17.3 Å². The van der Waals surface area contributed by atoms with Crippen molar-refractivity contribution in [1.82, 2.24) is 14.7 Å². The van der Waals surface area contributed by atoms with Crippen molar-refractivity contribution in [3.05, 3.63) is 17.7 Å². The number of ether oxygens (including phenoxy) is 1. The quantitative estimate of drug-likeness (QED) is 0.846. The molecule has 0 aromatic carbocycles. The Labute approximate surface area is 117 Å². The normalized spacial score (nSPS) is 19.3. The summed E-state index contributed by atoms with van der Waals surface area (Å²) in [6, 6.07) is -0.149. The van der Waals surface area contributed by atoms with E-state index < -0.39 is 10.0 Å². The molecular weight excluding hydrogens is 290 g/mol. The maximum Gasteiger partial charge on any atom is 0.243 e. The Bertz CT molecular complexity index is 514. The molecule has 0 saturated carbocycles. The van der Waals surface area contributed by atoms with E-state index in [1.807, 2.05) is 6.92 Å². The Kier molecular flexibility index (Phi) is 4.72. The average molecular weight is 306 g/mol. The summed E-state index contributed by atoms with van der Waals surface area (Å²) in [5, 5.41) is 0.0245. The third kappa shape index (κ3) is 3.85. The lowest BCUT2D eigenvalue weighted by molar-refractivity contribution is 0.0585. The number of nitrogens with one attached hydrogen (secondary N) is 1. The monoisotopic (exact) mass is 305 g/mol. The molecule has 0 radical (unpaired) electrons. The lowest BCUT2D eigenvalue weighted by Crippen LogP contribution is -2.40. The van der Waals surface area contributed by atoms with Gasteiger partial charge >= 0.3 is 0 Å². The fourth-order valence-electron chi connectivity index (χ4n) is 2.06. The third-order valence-corrected chi connectivity index (χ3v) is 4.93. The van der Waals surface area contributed by atoms with E-state index in [1.54, 1.807) is 0 Å². The van der Waals surface area contributed by atoms with Crippen LogP contribution in [0.1, 0.15) is 19.8 Å². The van der Waals surface area contributed by atoms with Gasteiger partial charge in [0.25, 0.3) is 0 Å². The van der Waals surface area contributed by atoms with E-state index in [0.29, 0.717) is 13.2 Å². The summed E-state index contributed by atoms with van der Waals surface area (Å²) in [6.45, 7) is 3.23. The SMILES string of the molecule is CC(NS(=O)(=O)c1cnc(Cl)nc1)C1CCOCC1. The van der Waals surface area contributed by atoms with Gasteiger partial charge in [-0.15, -0.1) is 0 Å². The van der Waals surface area contributed by atoms with E-state index in [0.717, 1.165) is 12.8 Å². The molecule has 1 fully saturated rings. The number of rotatable bonds is 4. The number of nitrogens with zero attached hydrogens (tertiary/aromatic N) is 2. The largest absolute Gasteiger partial charge is 0.381 e. The van der Waals surface area contributed by atoms with Crippen LogP contribution in [0.25, 0.3) is 0 Å². The van der Waals surface area contributed by atoms with Crippen LogP contribution in [0.5, 0.6) is 0 Å². The van der Waals surface area contributed by atoms with Crippen LogP contribution in [0.3, 0.4) is 0 Å². The van der Waals surface area contributed by atoms with Crippen LogP contribution in [0.2, 0.25) is 5.28 Å². The summed E-state index contributed by atoms with van der Waals surface area (Å²) < 4.78 is 32.2. The zero-order chi connectivity index (χ0) is 13.9. The lowest BCUT2D eigenvalue weighted by Gasteiger charge is -2.28. The second-order valence-corrected chi connectivity index (χ2v) is 6.60. The predicted octanol–water partition coefficient (Wildman–Crippen LogP) is 1.22. The van der Waals surface area contributed by atoms with Gasteiger partial charge < -0.3 is 4.74 Å². The maximum atomic E-state index is 12.1. The first kappa shape index (κ1) is 14.6. The molecule has 8 heteroatoms. The van der Waals surface area contributed by atoms with Gasteiger partial charge in [0, 0.05) is 19.3 Å². The van der Waals surface area contributed by atoms with Gasteiger partial charge in [-0.3, -0.25) is 0 Å². The predicted molar refractivity (Wildman–Crippen MR) is 70.4 cm³/mol. The molecular formula is C11H16ClN3O3S.